The zero-order chi connectivity index (χ0) is 21.6. The first-order valence-corrected chi connectivity index (χ1v) is 10.3. The number of aryl methyl sites for hydroxylation is 1. The molecule has 2 N–H and O–H groups in total. The van der Waals surface area contributed by atoms with Gasteiger partial charge in [-0.15, -0.1) is 0 Å². The van der Waals surface area contributed by atoms with E-state index in [1.807, 2.05) is 55.5 Å². The summed E-state index contributed by atoms with van der Waals surface area (Å²) in [6, 6.07) is 29.7. The highest BCUT2D eigenvalue weighted by Gasteiger charge is 2.08. The van der Waals surface area contributed by atoms with E-state index in [2.05, 4.69) is 41.0 Å². The van der Waals surface area contributed by atoms with Crippen LogP contribution in [-0.2, 0) is 4.79 Å². The van der Waals surface area contributed by atoms with Gasteiger partial charge in [0.1, 0.15) is 0 Å². The second-order valence-corrected chi connectivity index (χ2v) is 7.56. The highest BCUT2D eigenvalue weighted by Crippen LogP contribution is 2.26. The number of benzene rings is 4. The molecule has 31 heavy (non-hydrogen) atoms. The monoisotopic (exact) mass is 408 g/mol. The number of anilines is 1. The van der Waals surface area contributed by atoms with Gasteiger partial charge in [-0.25, -0.2) is 0 Å². The van der Waals surface area contributed by atoms with E-state index < -0.39 is 0 Å². The molecule has 0 saturated carbocycles. The maximum atomic E-state index is 12.3. The number of fused-ring (bicyclic) bond motifs is 1. The molecule has 0 heterocycles. The van der Waals surface area contributed by atoms with E-state index in [9.17, 15) is 9.59 Å². The minimum Gasteiger partial charge on any atom is -0.352 e. The van der Waals surface area contributed by atoms with E-state index in [1.165, 1.54) is 10.8 Å². The van der Waals surface area contributed by atoms with E-state index in [0.717, 1.165) is 22.4 Å². The first-order chi connectivity index (χ1) is 15.1. The molecule has 2 amide bonds. The molecular formula is C27H24N2O2. The number of carbonyl (C=O) groups excluding carboxylic acids is 2. The van der Waals surface area contributed by atoms with Crippen LogP contribution in [0.25, 0.3) is 21.9 Å². The Bertz CT molecular complexity index is 1230. The Hall–Kier alpha value is -3.92. The van der Waals surface area contributed by atoms with Crippen molar-refractivity contribution in [3.63, 3.8) is 0 Å². The lowest BCUT2D eigenvalue weighted by Gasteiger charge is -2.09. The Morgan fingerprint density at radius 2 is 1.48 bits per heavy atom. The van der Waals surface area contributed by atoms with Gasteiger partial charge in [-0.1, -0.05) is 66.2 Å². The van der Waals surface area contributed by atoms with Crippen molar-refractivity contribution in [2.24, 2.45) is 0 Å². The normalized spacial score (nSPS) is 10.6. The third-order valence-corrected chi connectivity index (χ3v) is 5.18. The number of hydrogen-bond acceptors (Lipinski definition) is 2. The molecule has 154 valence electrons. The molecule has 4 aromatic rings. The Labute approximate surface area is 181 Å². The van der Waals surface area contributed by atoms with Crippen LogP contribution in [-0.4, -0.2) is 18.4 Å². The lowest BCUT2D eigenvalue weighted by molar-refractivity contribution is -0.116. The molecule has 0 atom stereocenters. The maximum Gasteiger partial charge on any atom is 0.251 e. The summed E-state index contributed by atoms with van der Waals surface area (Å²) in [7, 11) is 0. The standard InChI is InChI=1S/C27H24N2O2/c1-19-9-11-21(12-10-19)27(31)28-16-15-26(30)29-25-8-4-7-23(18-25)24-14-13-20-5-2-3-6-22(20)17-24/h2-14,17-18H,15-16H2,1H3,(H,28,31)(H,29,30). The second kappa shape index (κ2) is 9.26. The van der Waals surface area contributed by atoms with Crippen molar-refractivity contribution in [1.29, 1.82) is 0 Å². The zero-order valence-corrected chi connectivity index (χ0v) is 17.4. The molecule has 0 aliphatic carbocycles. The number of nitrogens with one attached hydrogen (secondary N) is 2. The zero-order valence-electron chi connectivity index (χ0n) is 17.4. The SMILES string of the molecule is Cc1ccc(C(=O)NCCC(=O)Nc2cccc(-c3ccc4ccccc4c3)c2)cc1. The number of amides is 2. The van der Waals surface area contributed by atoms with Gasteiger partial charge in [0.2, 0.25) is 5.91 Å². The van der Waals surface area contributed by atoms with Crippen molar-refractivity contribution in [1.82, 2.24) is 5.32 Å². The fourth-order valence-electron chi connectivity index (χ4n) is 3.47. The summed E-state index contributed by atoms with van der Waals surface area (Å²) in [5, 5.41) is 8.09. The van der Waals surface area contributed by atoms with Crippen molar-refractivity contribution >= 4 is 28.3 Å². The van der Waals surface area contributed by atoms with Crippen molar-refractivity contribution < 1.29 is 9.59 Å². The summed E-state index contributed by atoms with van der Waals surface area (Å²) in [5.74, 6) is -0.314. The Morgan fingerprint density at radius 3 is 2.29 bits per heavy atom. The number of hydrogen-bond donors (Lipinski definition) is 2. The second-order valence-electron chi connectivity index (χ2n) is 7.56. The van der Waals surface area contributed by atoms with Gasteiger partial charge in [-0.2, -0.15) is 0 Å². The van der Waals surface area contributed by atoms with Crippen LogP contribution in [0.3, 0.4) is 0 Å². The van der Waals surface area contributed by atoms with E-state index in [0.29, 0.717) is 5.56 Å². The minimum absolute atomic E-state index is 0.139. The Kier molecular flexibility index (Phi) is 6.08. The van der Waals surface area contributed by atoms with Crippen LogP contribution in [0.2, 0.25) is 0 Å². The first-order valence-electron chi connectivity index (χ1n) is 10.3. The van der Waals surface area contributed by atoms with Crippen LogP contribution in [0.4, 0.5) is 5.69 Å². The summed E-state index contributed by atoms with van der Waals surface area (Å²) in [6.07, 6.45) is 0.206. The van der Waals surface area contributed by atoms with Crippen LogP contribution in [0.1, 0.15) is 22.3 Å². The highest BCUT2D eigenvalue weighted by molar-refractivity contribution is 5.95. The van der Waals surface area contributed by atoms with Crippen LogP contribution < -0.4 is 10.6 Å². The minimum atomic E-state index is -0.175. The Balaban J connectivity index is 1.35. The van der Waals surface area contributed by atoms with Crippen molar-refractivity contribution in [3.05, 3.63) is 102 Å². The molecule has 0 aliphatic rings. The fourth-order valence-corrected chi connectivity index (χ4v) is 3.47. The van der Waals surface area contributed by atoms with E-state index in [1.54, 1.807) is 12.1 Å². The van der Waals surface area contributed by atoms with Crippen molar-refractivity contribution in [2.45, 2.75) is 13.3 Å². The summed E-state index contributed by atoms with van der Waals surface area (Å²) in [4.78, 5) is 24.5. The molecule has 0 saturated heterocycles. The van der Waals surface area contributed by atoms with Crippen LogP contribution >= 0.6 is 0 Å². The van der Waals surface area contributed by atoms with Gasteiger partial charge in [-0.3, -0.25) is 9.59 Å². The number of rotatable bonds is 6. The molecule has 0 bridgehead atoms. The molecule has 0 spiro atoms. The lowest BCUT2D eigenvalue weighted by Crippen LogP contribution is -2.27. The van der Waals surface area contributed by atoms with Crippen molar-refractivity contribution in [2.75, 3.05) is 11.9 Å². The van der Waals surface area contributed by atoms with Gasteiger partial charge in [0.25, 0.3) is 5.91 Å². The van der Waals surface area contributed by atoms with Gasteiger partial charge < -0.3 is 10.6 Å². The third-order valence-electron chi connectivity index (χ3n) is 5.18. The molecule has 0 aromatic heterocycles. The predicted octanol–water partition coefficient (Wildman–Crippen LogP) is 5.57. The molecule has 0 unspecified atom stereocenters. The molecule has 4 rings (SSSR count). The maximum absolute atomic E-state index is 12.3. The smallest absolute Gasteiger partial charge is 0.251 e. The molecule has 4 aromatic carbocycles. The first kappa shape index (κ1) is 20.4. The predicted molar refractivity (Wildman–Crippen MR) is 126 cm³/mol. The van der Waals surface area contributed by atoms with Gasteiger partial charge >= 0.3 is 0 Å². The third kappa shape index (κ3) is 5.17. The fraction of sp³-hybridized carbons (Fsp3) is 0.111. The molecule has 4 heteroatoms. The largest absolute Gasteiger partial charge is 0.352 e. The summed E-state index contributed by atoms with van der Waals surface area (Å²) in [5.41, 5.74) is 4.56. The van der Waals surface area contributed by atoms with E-state index >= 15 is 0 Å². The topological polar surface area (TPSA) is 58.2 Å². The molecule has 0 aliphatic heterocycles. The van der Waals surface area contributed by atoms with Gasteiger partial charge in [0, 0.05) is 24.2 Å². The van der Waals surface area contributed by atoms with E-state index in [-0.39, 0.29) is 24.8 Å². The van der Waals surface area contributed by atoms with Gasteiger partial charge in [-0.05, 0) is 59.2 Å². The molecule has 0 radical (unpaired) electrons. The summed E-state index contributed by atoms with van der Waals surface area (Å²) in [6.45, 7) is 2.25. The summed E-state index contributed by atoms with van der Waals surface area (Å²) >= 11 is 0. The molecule has 0 fully saturated rings. The van der Waals surface area contributed by atoms with E-state index in [4.69, 9.17) is 0 Å². The molecule has 4 nitrogen and oxygen atoms in total. The molecular weight excluding hydrogens is 384 g/mol. The van der Waals surface area contributed by atoms with Gasteiger partial charge in [0.15, 0.2) is 0 Å². The average Bonchev–Trinajstić information content (AvgIpc) is 2.79. The van der Waals surface area contributed by atoms with Crippen molar-refractivity contribution in [3.8, 4) is 11.1 Å². The average molecular weight is 409 g/mol. The Morgan fingerprint density at radius 1 is 0.742 bits per heavy atom. The van der Waals surface area contributed by atoms with Gasteiger partial charge in [0.05, 0.1) is 0 Å². The van der Waals surface area contributed by atoms with Crippen LogP contribution in [0.15, 0.2) is 91.0 Å². The van der Waals surface area contributed by atoms with Crippen LogP contribution in [0.5, 0.6) is 0 Å². The quantitative estimate of drug-likeness (QED) is 0.438. The summed E-state index contributed by atoms with van der Waals surface area (Å²) < 4.78 is 0. The lowest BCUT2D eigenvalue weighted by atomic mass is 10.0. The highest BCUT2D eigenvalue weighted by atomic mass is 16.2. The number of carbonyl (C=O) groups is 2. The van der Waals surface area contributed by atoms with Crippen LogP contribution in [0, 0.1) is 6.92 Å².